The van der Waals surface area contributed by atoms with Crippen molar-refractivity contribution in [2.75, 3.05) is 20.2 Å². The van der Waals surface area contributed by atoms with Gasteiger partial charge < -0.3 is 9.64 Å². The number of Topliss-reactive ketones (excluding diaryl/α,β-unsaturated/α-hetero) is 1. The minimum absolute atomic E-state index is 0.00526. The number of ketones is 1. The molecule has 2 aromatic rings. The fourth-order valence-electron chi connectivity index (χ4n) is 4.15. The first kappa shape index (κ1) is 17.8. The molecule has 4 heteroatoms. The lowest BCUT2D eigenvalue weighted by Crippen LogP contribution is -2.45. The van der Waals surface area contributed by atoms with Gasteiger partial charge in [-0.1, -0.05) is 30.3 Å². The molecule has 4 nitrogen and oxygen atoms in total. The first-order valence-electron chi connectivity index (χ1n) is 9.67. The zero-order chi connectivity index (χ0) is 18.9. The molecular weight excluding hydrogens is 338 g/mol. The van der Waals surface area contributed by atoms with Crippen molar-refractivity contribution in [2.24, 2.45) is 5.92 Å². The number of rotatable bonds is 5. The summed E-state index contributed by atoms with van der Waals surface area (Å²) in [4.78, 5) is 27.9. The zero-order valence-corrected chi connectivity index (χ0v) is 15.7. The monoisotopic (exact) mass is 363 g/mol. The van der Waals surface area contributed by atoms with Crippen molar-refractivity contribution in [1.82, 2.24) is 4.90 Å². The van der Waals surface area contributed by atoms with Crippen LogP contribution in [0.1, 0.15) is 41.6 Å². The van der Waals surface area contributed by atoms with E-state index in [4.69, 9.17) is 4.74 Å². The number of piperidine rings is 1. The molecular formula is C23H25NO3. The topological polar surface area (TPSA) is 46.6 Å². The maximum Gasteiger partial charge on any atom is 0.233 e. The highest BCUT2D eigenvalue weighted by atomic mass is 16.5. The van der Waals surface area contributed by atoms with E-state index in [0.717, 1.165) is 42.6 Å². The molecule has 1 saturated heterocycles. The Bertz CT molecular complexity index is 816. The minimum atomic E-state index is -0.311. The molecule has 140 valence electrons. The number of hydrogen-bond donors (Lipinski definition) is 0. The maximum atomic E-state index is 13.1. The van der Waals surface area contributed by atoms with Gasteiger partial charge in [-0.3, -0.25) is 9.59 Å². The molecule has 1 aliphatic carbocycles. The molecule has 2 fully saturated rings. The van der Waals surface area contributed by atoms with Crippen LogP contribution in [0.5, 0.6) is 5.75 Å². The van der Waals surface area contributed by atoms with E-state index >= 15 is 0 Å². The first-order valence-corrected chi connectivity index (χ1v) is 9.67. The number of carbonyl (C=O) groups excluding carboxylic acids is 2. The molecule has 1 heterocycles. The molecule has 2 aromatic carbocycles. The van der Waals surface area contributed by atoms with Crippen molar-refractivity contribution in [3.63, 3.8) is 0 Å². The van der Waals surface area contributed by atoms with Crippen LogP contribution in [-0.2, 0) is 10.2 Å². The maximum absolute atomic E-state index is 13.1. The van der Waals surface area contributed by atoms with Gasteiger partial charge in [-0.15, -0.1) is 0 Å². The molecule has 1 amide bonds. The fourth-order valence-corrected chi connectivity index (χ4v) is 4.15. The fraction of sp³-hybridized carbons (Fsp3) is 0.391. The quantitative estimate of drug-likeness (QED) is 0.758. The van der Waals surface area contributed by atoms with Gasteiger partial charge in [0, 0.05) is 24.6 Å². The largest absolute Gasteiger partial charge is 0.497 e. The lowest BCUT2D eigenvalue weighted by Gasteiger charge is -2.34. The number of carbonyl (C=O) groups is 2. The highest BCUT2D eigenvalue weighted by molar-refractivity contribution is 5.98. The molecule has 27 heavy (non-hydrogen) atoms. The van der Waals surface area contributed by atoms with Gasteiger partial charge in [-0.25, -0.2) is 0 Å². The Morgan fingerprint density at radius 2 is 1.59 bits per heavy atom. The Labute approximate surface area is 160 Å². The Kier molecular flexibility index (Phi) is 4.73. The average molecular weight is 363 g/mol. The van der Waals surface area contributed by atoms with Gasteiger partial charge in [0.2, 0.25) is 5.91 Å². The number of amides is 1. The van der Waals surface area contributed by atoms with Crippen LogP contribution in [0.15, 0.2) is 54.6 Å². The van der Waals surface area contributed by atoms with Crippen LogP contribution in [0.25, 0.3) is 0 Å². The van der Waals surface area contributed by atoms with Crippen LogP contribution in [0.2, 0.25) is 0 Å². The van der Waals surface area contributed by atoms with Crippen molar-refractivity contribution < 1.29 is 14.3 Å². The van der Waals surface area contributed by atoms with Gasteiger partial charge in [0.1, 0.15) is 5.75 Å². The SMILES string of the molecule is COc1ccc(C(=O)C2CCN(C(=O)C3(c4ccccc4)CC3)CC2)cc1. The van der Waals surface area contributed by atoms with Crippen LogP contribution in [0.4, 0.5) is 0 Å². The number of hydrogen-bond acceptors (Lipinski definition) is 3. The van der Waals surface area contributed by atoms with Gasteiger partial charge in [0.05, 0.1) is 12.5 Å². The molecule has 0 spiro atoms. The van der Waals surface area contributed by atoms with Crippen molar-refractivity contribution in [3.05, 3.63) is 65.7 Å². The second-order valence-corrected chi connectivity index (χ2v) is 7.61. The second-order valence-electron chi connectivity index (χ2n) is 7.61. The lowest BCUT2D eigenvalue weighted by atomic mass is 9.87. The summed E-state index contributed by atoms with van der Waals surface area (Å²) in [6.07, 6.45) is 3.34. The highest BCUT2D eigenvalue weighted by Gasteiger charge is 2.53. The van der Waals surface area contributed by atoms with Crippen molar-refractivity contribution in [1.29, 1.82) is 0 Å². The second kappa shape index (κ2) is 7.18. The molecule has 0 bridgehead atoms. The molecule has 1 aliphatic heterocycles. The third-order valence-electron chi connectivity index (χ3n) is 6.01. The van der Waals surface area contributed by atoms with E-state index in [0.29, 0.717) is 13.1 Å². The summed E-state index contributed by atoms with van der Waals surface area (Å²) in [6, 6.07) is 17.4. The van der Waals surface area contributed by atoms with Gasteiger partial charge >= 0.3 is 0 Å². The van der Waals surface area contributed by atoms with E-state index in [1.165, 1.54) is 0 Å². The van der Waals surface area contributed by atoms with Crippen LogP contribution < -0.4 is 4.74 Å². The number of nitrogens with zero attached hydrogens (tertiary/aromatic N) is 1. The predicted molar refractivity (Wildman–Crippen MR) is 104 cm³/mol. The van der Waals surface area contributed by atoms with Gasteiger partial charge in [-0.2, -0.15) is 0 Å². The summed E-state index contributed by atoms with van der Waals surface area (Å²) in [6.45, 7) is 1.33. The zero-order valence-electron chi connectivity index (χ0n) is 15.7. The van der Waals surface area contributed by atoms with Gasteiger partial charge in [0.15, 0.2) is 5.78 Å². The summed E-state index contributed by atoms with van der Waals surface area (Å²) in [7, 11) is 1.62. The summed E-state index contributed by atoms with van der Waals surface area (Å²) < 4.78 is 5.15. The molecule has 4 rings (SSSR count). The number of methoxy groups -OCH3 is 1. The van der Waals surface area contributed by atoms with Gasteiger partial charge in [-0.05, 0) is 55.5 Å². The minimum Gasteiger partial charge on any atom is -0.497 e. The Morgan fingerprint density at radius 3 is 2.15 bits per heavy atom. The van der Waals surface area contributed by atoms with Gasteiger partial charge in [0.25, 0.3) is 0 Å². The number of ether oxygens (including phenoxy) is 1. The summed E-state index contributed by atoms with van der Waals surface area (Å²) >= 11 is 0. The standard InChI is InChI=1S/C23H25NO3/c1-27-20-9-7-17(8-10-20)21(25)18-11-15-24(16-12-18)22(26)23(13-14-23)19-5-3-2-4-6-19/h2-10,18H,11-16H2,1H3. The first-order chi connectivity index (χ1) is 13.1. The van der Waals surface area contributed by atoms with Crippen LogP contribution in [0.3, 0.4) is 0 Å². The van der Waals surface area contributed by atoms with E-state index < -0.39 is 0 Å². The van der Waals surface area contributed by atoms with Crippen molar-refractivity contribution in [3.8, 4) is 5.75 Å². The molecule has 0 unspecified atom stereocenters. The molecule has 0 aromatic heterocycles. The third-order valence-corrected chi connectivity index (χ3v) is 6.01. The predicted octanol–water partition coefficient (Wildman–Crippen LogP) is 3.85. The molecule has 0 radical (unpaired) electrons. The lowest BCUT2D eigenvalue weighted by molar-refractivity contribution is -0.135. The van der Waals surface area contributed by atoms with Crippen LogP contribution in [-0.4, -0.2) is 36.8 Å². The Hall–Kier alpha value is -2.62. The van der Waals surface area contributed by atoms with E-state index in [2.05, 4.69) is 12.1 Å². The van der Waals surface area contributed by atoms with Crippen LogP contribution in [0, 0.1) is 5.92 Å². The molecule has 0 atom stereocenters. The third kappa shape index (κ3) is 3.36. The highest BCUT2D eigenvalue weighted by Crippen LogP contribution is 2.49. The van der Waals surface area contributed by atoms with E-state index in [1.54, 1.807) is 7.11 Å². The van der Waals surface area contributed by atoms with E-state index in [1.807, 2.05) is 47.4 Å². The summed E-state index contributed by atoms with van der Waals surface area (Å²) in [5.74, 6) is 1.16. The average Bonchev–Trinajstić information content (AvgIpc) is 3.56. The molecule has 1 saturated carbocycles. The summed E-state index contributed by atoms with van der Waals surface area (Å²) in [5.41, 5.74) is 1.55. The van der Waals surface area contributed by atoms with E-state index in [9.17, 15) is 9.59 Å². The summed E-state index contributed by atoms with van der Waals surface area (Å²) in [5, 5.41) is 0. The molecule has 0 N–H and O–H groups in total. The normalized spacial score (nSPS) is 18.8. The number of likely N-dealkylation sites (tertiary alicyclic amines) is 1. The smallest absolute Gasteiger partial charge is 0.233 e. The number of benzene rings is 2. The van der Waals surface area contributed by atoms with Crippen molar-refractivity contribution >= 4 is 11.7 Å². The van der Waals surface area contributed by atoms with Crippen LogP contribution >= 0.6 is 0 Å². The van der Waals surface area contributed by atoms with Crippen molar-refractivity contribution in [2.45, 2.75) is 31.1 Å². The van der Waals surface area contributed by atoms with E-state index in [-0.39, 0.29) is 23.0 Å². The Morgan fingerprint density at radius 1 is 0.963 bits per heavy atom. The Balaban J connectivity index is 1.39. The molecule has 2 aliphatic rings.